The van der Waals surface area contributed by atoms with Crippen LogP contribution in [-0.2, 0) is 16.0 Å². The molecule has 0 aliphatic heterocycles. The number of anilines is 1. The molecule has 0 saturated carbocycles. The average molecular weight is 377 g/mol. The number of aromatic nitrogens is 2. The van der Waals surface area contributed by atoms with Crippen LogP contribution in [0.5, 0.6) is 0 Å². The molecule has 7 nitrogen and oxygen atoms in total. The summed E-state index contributed by atoms with van der Waals surface area (Å²) in [5, 5.41) is 11.1. The number of hydrogen-bond donors (Lipinski definition) is 2. The van der Waals surface area contributed by atoms with E-state index in [0.29, 0.717) is 16.6 Å². The molecule has 2 N–H and O–H groups in total. The van der Waals surface area contributed by atoms with E-state index >= 15 is 0 Å². The van der Waals surface area contributed by atoms with Crippen LogP contribution >= 0.6 is 0 Å². The first-order valence-corrected chi connectivity index (χ1v) is 8.80. The number of hydrogen-bond acceptors (Lipinski definition) is 5. The number of fused-ring (bicyclic) bond motifs is 2. The fraction of sp³-hybridized carbons (Fsp3) is 0.190. The standard InChI is InChI=1S/C21H19N3O4/c1-11-6-15-13(10-28-18(15)7-12(11)2)8-19(25)22-14-4-5-17-16(9-14)20(24-23-17)21(26)27-3/h4-7,9-10H,8H2,1-3H3,(H,22,25)(H,23,24). The predicted molar refractivity (Wildman–Crippen MR) is 105 cm³/mol. The highest BCUT2D eigenvalue weighted by atomic mass is 16.5. The van der Waals surface area contributed by atoms with E-state index in [1.807, 2.05) is 26.0 Å². The van der Waals surface area contributed by atoms with Crippen LogP contribution in [0.4, 0.5) is 5.69 Å². The molecular weight excluding hydrogens is 358 g/mol. The molecule has 0 radical (unpaired) electrons. The van der Waals surface area contributed by atoms with Gasteiger partial charge in [0.2, 0.25) is 5.91 Å². The minimum Gasteiger partial charge on any atom is -0.464 e. The summed E-state index contributed by atoms with van der Waals surface area (Å²) >= 11 is 0. The van der Waals surface area contributed by atoms with Gasteiger partial charge in [-0.15, -0.1) is 0 Å². The predicted octanol–water partition coefficient (Wildman–Crippen LogP) is 3.89. The number of nitrogens with one attached hydrogen (secondary N) is 2. The Bertz CT molecular complexity index is 1220. The molecule has 1 amide bonds. The summed E-state index contributed by atoms with van der Waals surface area (Å²) in [6, 6.07) is 9.22. The minimum atomic E-state index is -0.537. The second-order valence-electron chi connectivity index (χ2n) is 6.74. The highest BCUT2D eigenvalue weighted by Gasteiger charge is 2.16. The molecule has 0 unspecified atom stereocenters. The van der Waals surface area contributed by atoms with E-state index in [2.05, 4.69) is 15.5 Å². The number of esters is 1. The number of rotatable bonds is 4. The number of H-pyrrole nitrogens is 1. The van der Waals surface area contributed by atoms with Crippen molar-refractivity contribution in [1.29, 1.82) is 0 Å². The van der Waals surface area contributed by atoms with Gasteiger partial charge in [-0.25, -0.2) is 4.79 Å². The molecule has 0 bridgehead atoms. The van der Waals surface area contributed by atoms with E-state index in [-0.39, 0.29) is 18.0 Å². The normalized spacial score (nSPS) is 11.1. The van der Waals surface area contributed by atoms with Crippen LogP contribution in [0.15, 0.2) is 41.0 Å². The Balaban J connectivity index is 1.57. The van der Waals surface area contributed by atoms with Crippen LogP contribution < -0.4 is 5.32 Å². The Labute approximate surface area is 160 Å². The maximum absolute atomic E-state index is 12.6. The summed E-state index contributed by atoms with van der Waals surface area (Å²) < 4.78 is 10.3. The quantitative estimate of drug-likeness (QED) is 0.526. The van der Waals surface area contributed by atoms with Crippen molar-refractivity contribution < 1.29 is 18.7 Å². The number of furan rings is 1. The maximum atomic E-state index is 12.6. The number of carbonyl (C=O) groups excluding carboxylic acids is 2. The molecule has 2 heterocycles. The van der Waals surface area contributed by atoms with Gasteiger partial charge in [0.05, 0.1) is 25.3 Å². The van der Waals surface area contributed by atoms with Crippen molar-refractivity contribution in [2.75, 3.05) is 12.4 Å². The Kier molecular flexibility index (Phi) is 4.35. The molecule has 4 aromatic rings. The van der Waals surface area contributed by atoms with Gasteiger partial charge in [0, 0.05) is 22.0 Å². The van der Waals surface area contributed by atoms with Crippen molar-refractivity contribution in [3.63, 3.8) is 0 Å². The van der Waals surface area contributed by atoms with E-state index in [0.717, 1.165) is 27.7 Å². The van der Waals surface area contributed by atoms with Crippen molar-refractivity contribution in [3.8, 4) is 0 Å². The van der Waals surface area contributed by atoms with Gasteiger partial charge < -0.3 is 14.5 Å². The van der Waals surface area contributed by atoms with Gasteiger partial charge in [-0.2, -0.15) is 5.10 Å². The average Bonchev–Trinajstić information content (AvgIpc) is 3.26. The summed E-state index contributed by atoms with van der Waals surface area (Å²) in [7, 11) is 1.30. The lowest BCUT2D eigenvalue weighted by Gasteiger charge is -2.06. The second-order valence-corrected chi connectivity index (χ2v) is 6.74. The third-order valence-electron chi connectivity index (χ3n) is 4.85. The first-order chi connectivity index (χ1) is 13.5. The number of ether oxygens (including phenoxy) is 1. The van der Waals surface area contributed by atoms with Crippen molar-refractivity contribution >= 4 is 39.4 Å². The molecule has 0 spiro atoms. The lowest BCUT2D eigenvalue weighted by molar-refractivity contribution is -0.115. The zero-order valence-electron chi connectivity index (χ0n) is 15.8. The molecular formula is C21H19N3O4. The molecule has 2 aromatic heterocycles. The number of amides is 1. The molecule has 4 rings (SSSR count). The third-order valence-corrected chi connectivity index (χ3v) is 4.85. The monoisotopic (exact) mass is 377 g/mol. The SMILES string of the molecule is COC(=O)c1n[nH]c2ccc(NC(=O)Cc3coc4cc(C)c(C)cc34)cc12. The molecule has 7 heteroatoms. The Morgan fingerprint density at radius 2 is 1.93 bits per heavy atom. The smallest absolute Gasteiger partial charge is 0.359 e. The Morgan fingerprint density at radius 3 is 2.71 bits per heavy atom. The van der Waals surface area contributed by atoms with Crippen LogP contribution in [0.2, 0.25) is 0 Å². The lowest BCUT2D eigenvalue weighted by Crippen LogP contribution is -2.14. The van der Waals surface area contributed by atoms with Crippen molar-refractivity contribution in [2.24, 2.45) is 0 Å². The maximum Gasteiger partial charge on any atom is 0.359 e. The van der Waals surface area contributed by atoms with Gasteiger partial charge in [0.25, 0.3) is 0 Å². The molecule has 2 aromatic carbocycles. The molecule has 0 aliphatic carbocycles. The third kappa shape index (κ3) is 3.11. The molecule has 0 atom stereocenters. The van der Waals surface area contributed by atoms with Crippen LogP contribution in [-0.4, -0.2) is 29.2 Å². The van der Waals surface area contributed by atoms with Crippen molar-refractivity contribution in [1.82, 2.24) is 10.2 Å². The van der Waals surface area contributed by atoms with Crippen molar-refractivity contribution in [2.45, 2.75) is 20.3 Å². The first-order valence-electron chi connectivity index (χ1n) is 8.80. The number of methoxy groups -OCH3 is 1. The number of carbonyl (C=O) groups is 2. The van der Waals surface area contributed by atoms with Gasteiger partial charge in [0.15, 0.2) is 5.69 Å². The summed E-state index contributed by atoms with van der Waals surface area (Å²) in [4.78, 5) is 24.4. The number of benzene rings is 2. The van der Waals surface area contributed by atoms with Gasteiger partial charge >= 0.3 is 5.97 Å². The summed E-state index contributed by atoms with van der Waals surface area (Å²) in [6.45, 7) is 4.06. The van der Waals surface area contributed by atoms with Gasteiger partial charge in [-0.05, 0) is 55.3 Å². The fourth-order valence-electron chi connectivity index (χ4n) is 3.20. The zero-order chi connectivity index (χ0) is 19.8. The molecule has 142 valence electrons. The summed E-state index contributed by atoms with van der Waals surface area (Å²) in [5.41, 5.74) is 5.34. The highest BCUT2D eigenvalue weighted by molar-refractivity contribution is 6.04. The van der Waals surface area contributed by atoms with Crippen LogP contribution in [0.25, 0.3) is 21.9 Å². The topological polar surface area (TPSA) is 97.2 Å². The van der Waals surface area contributed by atoms with E-state index in [1.54, 1.807) is 24.5 Å². The first kappa shape index (κ1) is 17.8. The van der Waals surface area contributed by atoms with Crippen molar-refractivity contribution in [3.05, 3.63) is 59.0 Å². The number of aromatic amines is 1. The van der Waals surface area contributed by atoms with E-state index < -0.39 is 5.97 Å². The molecule has 0 saturated heterocycles. The number of nitrogens with zero attached hydrogens (tertiary/aromatic N) is 1. The number of aryl methyl sites for hydroxylation is 2. The molecule has 28 heavy (non-hydrogen) atoms. The summed E-state index contributed by atoms with van der Waals surface area (Å²) in [5.74, 6) is -0.714. The Morgan fingerprint density at radius 1 is 1.14 bits per heavy atom. The minimum absolute atomic E-state index is 0.177. The van der Waals surface area contributed by atoms with Crippen LogP contribution in [0.3, 0.4) is 0 Å². The zero-order valence-corrected chi connectivity index (χ0v) is 15.8. The van der Waals surface area contributed by atoms with Gasteiger partial charge in [-0.1, -0.05) is 0 Å². The molecule has 0 fully saturated rings. The van der Waals surface area contributed by atoms with Gasteiger partial charge in [0.1, 0.15) is 5.58 Å². The lowest BCUT2D eigenvalue weighted by atomic mass is 10.0. The largest absolute Gasteiger partial charge is 0.464 e. The second kappa shape index (κ2) is 6.84. The van der Waals surface area contributed by atoms with E-state index in [1.165, 1.54) is 7.11 Å². The van der Waals surface area contributed by atoms with Crippen LogP contribution in [0.1, 0.15) is 27.2 Å². The Hall–Kier alpha value is -3.61. The molecule has 0 aliphatic rings. The van der Waals surface area contributed by atoms with E-state index in [9.17, 15) is 9.59 Å². The van der Waals surface area contributed by atoms with Crippen LogP contribution in [0, 0.1) is 13.8 Å². The van der Waals surface area contributed by atoms with E-state index in [4.69, 9.17) is 9.15 Å². The summed E-state index contributed by atoms with van der Waals surface area (Å²) in [6.07, 6.45) is 1.81. The van der Waals surface area contributed by atoms with Gasteiger partial charge in [-0.3, -0.25) is 9.89 Å². The highest BCUT2D eigenvalue weighted by Crippen LogP contribution is 2.26. The fourth-order valence-corrected chi connectivity index (χ4v) is 3.20.